The Morgan fingerprint density at radius 1 is 0.897 bits per heavy atom. The molecular formula is C34H33NO4. The van der Waals surface area contributed by atoms with Crippen molar-refractivity contribution < 1.29 is 19.4 Å². The van der Waals surface area contributed by atoms with Crippen molar-refractivity contribution in [3.05, 3.63) is 119 Å². The third-order valence-corrected chi connectivity index (χ3v) is 7.24. The SMILES string of the molecule is CCOc1cccc(CN2C(=O)C(=O)/C(=C(\O)c3cccc4ccccc34)C2c2ccc(C(C)(C)C)cc2)c1. The van der Waals surface area contributed by atoms with Crippen LogP contribution in [-0.2, 0) is 21.5 Å². The highest BCUT2D eigenvalue weighted by atomic mass is 16.5. The molecule has 5 rings (SSSR count). The zero-order chi connectivity index (χ0) is 27.7. The molecule has 0 aromatic heterocycles. The summed E-state index contributed by atoms with van der Waals surface area (Å²) in [6.07, 6.45) is 0. The van der Waals surface area contributed by atoms with Crippen LogP contribution in [0, 0.1) is 0 Å². The molecule has 1 N–H and O–H groups in total. The molecule has 39 heavy (non-hydrogen) atoms. The maximum atomic E-state index is 13.6. The minimum Gasteiger partial charge on any atom is -0.507 e. The van der Waals surface area contributed by atoms with E-state index in [9.17, 15) is 14.7 Å². The van der Waals surface area contributed by atoms with Gasteiger partial charge in [0.15, 0.2) is 0 Å². The Morgan fingerprint density at radius 3 is 2.31 bits per heavy atom. The summed E-state index contributed by atoms with van der Waals surface area (Å²) in [7, 11) is 0. The van der Waals surface area contributed by atoms with Crippen molar-refractivity contribution in [2.75, 3.05) is 6.61 Å². The van der Waals surface area contributed by atoms with Crippen LogP contribution < -0.4 is 4.74 Å². The molecule has 0 aliphatic carbocycles. The van der Waals surface area contributed by atoms with Crippen molar-refractivity contribution in [3.8, 4) is 5.75 Å². The van der Waals surface area contributed by atoms with Crippen molar-refractivity contribution in [2.24, 2.45) is 0 Å². The van der Waals surface area contributed by atoms with Crippen molar-refractivity contribution in [2.45, 2.75) is 45.7 Å². The number of carbonyl (C=O) groups is 2. The fourth-order valence-electron chi connectivity index (χ4n) is 5.23. The van der Waals surface area contributed by atoms with E-state index >= 15 is 0 Å². The number of likely N-dealkylation sites (tertiary alicyclic amines) is 1. The van der Waals surface area contributed by atoms with Gasteiger partial charge in [-0.1, -0.05) is 99.6 Å². The predicted molar refractivity (Wildman–Crippen MR) is 155 cm³/mol. The first-order chi connectivity index (χ1) is 18.7. The average molecular weight is 520 g/mol. The zero-order valence-corrected chi connectivity index (χ0v) is 22.8. The topological polar surface area (TPSA) is 66.8 Å². The van der Waals surface area contributed by atoms with Gasteiger partial charge in [-0.05, 0) is 51.9 Å². The highest BCUT2D eigenvalue weighted by Crippen LogP contribution is 2.42. The third-order valence-electron chi connectivity index (χ3n) is 7.24. The number of fused-ring (bicyclic) bond motifs is 1. The normalized spacial score (nSPS) is 17.1. The number of ketones is 1. The van der Waals surface area contributed by atoms with Crippen molar-refractivity contribution in [1.29, 1.82) is 0 Å². The standard InChI is InChI=1S/C34H33NO4/c1-5-39-26-13-8-10-22(20-26)21-35-30(24-16-18-25(19-17-24)34(2,3)4)29(32(37)33(35)38)31(36)28-15-9-12-23-11-6-7-14-27(23)28/h6-20,30,36H,5,21H2,1-4H3/b31-29-. The van der Waals surface area contributed by atoms with Gasteiger partial charge in [-0.25, -0.2) is 0 Å². The summed E-state index contributed by atoms with van der Waals surface area (Å²) in [5.41, 5.74) is 3.32. The van der Waals surface area contributed by atoms with Gasteiger partial charge in [0.25, 0.3) is 11.7 Å². The lowest BCUT2D eigenvalue weighted by Gasteiger charge is -2.27. The molecule has 1 aliphatic rings. The second-order valence-electron chi connectivity index (χ2n) is 10.9. The molecule has 198 valence electrons. The Balaban J connectivity index is 1.67. The van der Waals surface area contributed by atoms with E-state index in [2.05, 4.69) is 20.8 Å². The van der Waals surface area contributed by atoms with E-state index in [4.69, 9.17) is 4.74 Å². The molecule has 0 radical (unpaired) electrons. The van der Waals surface area contributed by atoms with Gasteiger partial charge in [-0.2, -0.15) is 0 Å². The fraction of sp³-hybridized carbons (Fsp3) is 0.235. The van der Waals surface area contributed by atoms with E-state index in [1.165, 1.54) is 0 Å². The lowest BCUT2D eigenvalue weighted by molar-refractivity contribution is -0.140. The molecule has 0 bridgehead atoms. The molecular weight excluding hydrogens is 486 g/mol. The first-order valence-electron chi connectivity index (χ1n) is 13.3. The Hall–Kier alpha value is -4.38. The molecule has 5 heteroatoms. The summed E-state index contributed by atoms with van der Waals surface area (Å²) in [6.45, 7) is 9.06. The van der Waals surface area contributed by atoms with Gasteiger partial charge in [0.05, 0.1) is 18.2 Å². The van der Waals surface area contributed by atoms with Crippen molar-refractivity contribution in [1.82, 2.24) is 4.90 Å². The molecule has 1 unspecified atom stereocenters. The lowest BCUT2D eigenvalue weighted by atomic mass is 9.85. The van der Waals surface area contributed by atoms with Gasteiger partial charge >= 0.3 is 0 Å². The van der Waals surface area contributed by atoms with Crippen LogP contribution in [0.5, 0.6) is 5.75 Å². The number of aliphatic hydroxyl groups is 1. The number of nitrogens with zero attached hydrogens (tertiary/aromatic N) is 1. The second kappa shape index (κ2) is 10.4. The average Bonchev–Trinajstić information content (AvgIpc) is 3.17. The summed E-state index contributed by atoms with van der Waals surface area (Å²) >= 11 is 0. The minimum atomic E-state index is -0.742. The summed E-state index contributed by atoms with van der Waals surface area (Å²) in [5.74, 6) is -0.788. The fourth-order valence-corrected chi connectivity index (χ4v) is 5.23. The molecule has 1 aliphatic heterocycles. The highest BCUT2D eigenvalue weighted by molar-refractivity contribution is 6.46. The van der Waals surface area contributed by atoms with E-state index in [1.807, 2.05) is 91.9 Å². The summed E-state index contributed by atoms with van der Waals surface area (Å²) in [4.78, 5) is 28.7. The molecule has 4 aromatic rings. The van der Waals surface area contributed by atoms with Gasteiger partial charge in [0.2, 0.25) is 0 Å². The largest absolute Gasteiger partial charge is 0.507 e. The van der Waals surface area contributed by atoms with Crippen LogP contribution in [0.2, 0.25) is 0 Å². The number of aliphatic hydroxyl groups excluding tert-OH is 1. The molecule has 0 spiro atoms. The van der Waals surface area contributed by atoms with Gasteiger partial charge in [-0.3, -0.25) is 9.59 Å². The first kappa shape index (κ1) is 26.2. The highest BCUT2D eigenvalue weighted by Gasteiger charge is 2.46. The molecule has 1 saturated heterocycles. The van der Waals surface area contributed by atoms with Crippen LogP contribution in [0.3, 0.4) is 0 Å². The maximum Gasteiger partial charge on any atom is 0.295 e. The molecule has 0 saturated carbocycles. The van der Waals surface area contributed by atoms with E-state index in [0.717, 1.165) is 27.5 Å². The smallest absolute Gasteiger partial charge is 0.295 e. The number of hydrogen-bond donors (Lipinski definition) is 1. The van der Waals surface area contributed by atoms with E-state index in [-0.39, 0.29) is 23.3 Å². The lowest BCUT2D eigenvalue weighted by Crippen LogP contribution is -2.29. The number of hydrogen-bond acceptors (Lipinski definition) is 4. The third kappa shape index (κ3) is 5.05. The summed E-state index contributed by atoms with van der Waals surface area (Å²) in [6, 6.07) is 28.0. The van der Waals surface area contributed by atoms with Crippen LogP contribution >= 0.6 is 0 Å². The van der Waals surface area contributed by atoms with E-state index < -0.39 is 17.7 Å². The first-order valence-corrected chi connectivity index (χ1v) is 13.3. The van der Waals surface area contributed by atoms with Crippen LogP contribution in [0.1, 0.15) is 56.0 Å². The Bertz CT molecular complexity index is 1570. The monoisotopic (exact) mass is 519 g/mol. The molecule has 1 atom stereocenters. The second-order valence-corrected chi connectivity index (χ2v) is 10.9. The van der Waals surface area contributed by atoms with Crippen molar-refractivity contribution >= 4 is 28.2 Å². The van der Waals surface area contributed by atoms with Crippen LogP contribution in [0.15, 0.2) is 96.6 Å². The Labute approximate surface area is 229 Å². The van der Waals surface area contributed by atoms with Crippen LogP contribution in [0.4, 0.5) is 0 Å². The number of amides is 1. The number of benzene rings is 4. The van der Waals surface area contributed by atoms with Gasteiger partial charge in [-0.15, -0.1) is 0 Å². The van der Waals surface area contributed by atoms with Gasteiger partial charge in [0, 0.05) is 12.1 Å². The molecule has 1 heterocycles. The minimum absolute atomic E-state index is 0.0526. The van der Waals surface area contributed by atoms with Crippen LogP contribution in [0.25, 0.3) is 16.5 Å². The quantitative estimate of drug-likeness (QED) is 0.167. The van der Waals surface area contributed by atoms with Crippen molar-refractivity contribution in [3.63, 3.8) is 0 Å². The number of rotatable bonds is 6. The summed E-state index contributed by atoms with van der Waals surface area (Å²) < 4.78 is 5.65. The van der Waals surface area contributed by atoms with E-state index in [1.54, 1.807) is 11.0 Å². The van der Waals surface area contributed by atoms with Gasteiger partial charge < -0.3 is 14.7 Å². The Kier molecular flexibility index (Phi) is 7.00. The maximum absolute atomic E-state index is 13.6. The van der Waals surface area contributed by atoms with Gasteiger partial charge in [0.1, 0.15) is 11.5 Å². The number of ether oxygens (including phenoxy) is 1. The molecule has 5 nitrogen and oxygen atoms in total. The zero-order valence-electron chi connectivity index (χ0n) is 22.8. The number of carbonyl (C=O) groups excluding carboxylic acids is 2. The summed E-state index contributed by atoms with van der Waals surface area (Å²) in [5, 5.41) is 13.4. The predicted octanol–water partition coefficient (Wildman–Crippen LogP) is 7.16. The number of Topliss-reactive ketones (excluding diaryl/α,β-unsaturated/α-hetero) is 1. The molecule has 1 fully saturated rings. The Morgan fingerprint density at radius 2 is 1.59 bits per heavy atom. The van der Waals surface area contributed by atoms with Crippen LogP contribution in [-0.4, -0.2) is 28.3 Å². The molecule has 4 aromatic carbocycles. The molecule has 1 amide bonds. The van der Waals surface area contributed by atoms with E-state index in [0.29, 0.717) is 17.9 Å².